The van der Waals surface area contributed by atoms with E-state index in [4.69, 9.17) is 0 Å². The second-order valence-electron chi connectivity index (χ2n) is 6.88. The van der Waals surface area contributed by atoms with Gasteiger partial charge in [-0.1, -0.05) is 27.7 Å². The van der Waals surface area contributed by atoms with Crippen molar-refractivity contribution in [2.75, 3.05) is 26.2 Å². The Morgan fingerprint density at radius 3 is 2.17 bits per heavy atom. The topological polar surface area (TPSA) is 35.5 Å². The van der Waals surface area contributed by atoms with Gasteiger partial charge in [-0.15, -0.1) is 0 Å². The number of nitrogens with zero attached hydrogens (tertiary/aromatic N) is 1. The van der Waals surface area contributed by atoms with Gasteiger partial charge in [-0.3, -0.25) is 0 Å². The molecule has 0 aromatic carbocycles. The molecule has 0 amide bonds. The van der Waals surface area contributed by atoms with Crippen LogP contribution in [0, 0.1) is 11.8 Å². The molecule has 0 aliphatic carbocycles. The molecule has 0 aromatic rings. The molecule has 1 fully saturated rings. The Morgan fingerprint density at radius 2 is 1.78 bits per heavy atom. The third-order valence-corrected chi connectivity index (χ3v) is 4.13. The van der Waals surface area contributed by atoms with Crippen molar-refractivity contribution >= 4 is 0 Å². The summed E-state index contributed by atoms with van der Waals surface area (Å²) in [7, 11) is 0. The van der Waals surface area contributed by atoms with Crippen LogP contribution in [0.5, 0.6) is 0 Å². The first-order valence-electron chi connectivity index (χ1n) is 7.47. The van der Waals surface area contributed by atoms with Crippen LogP contribution in [0.3, 0.4) is 0 Å². The van der Waals surface area contributed by atoms with Crippen LogP contribution in [-0.4, -0.2) is 47.8 Å². The Morgan fingerprint density at radius 1 is 1.22 bits per heavy atom. The zero-order valence-electron chi connectivity index (χ0n) is 12.9. The monoisotopic (exact) mass is 256 g/mol. The maximum absolute atomic E-state index is 9.62. The first-order valence-corrected chi connectivity index (χ1v) is 7.47. The number of aliphatic hydroxyl groups excluding tert-OH is 1. The Hall–Kier alpha value is -0.120. The fraction of sp³-hybridized carbons (Fsp3) is 1.00. The second-order valence-corrected chi connectivity index (χ2v) is 6.88. The van der Waals surface area contributed by atoms with Gasteiger partial charge in [0.1, 0.15) is 0 Å². The molecule has 3 heteroatoms. The van der Waals surface area contributed by atoms with Crippen LogP contribution >= 0.6 is 0 Å². The van der Waals surface area contributed by atoms with Crippen molar-refractivity contribution in [3.05, 3.63) is 0 Å². The van der Waals surface area contributed by atoms with Gasteiger partial charge >= 0.3 is 0 Å². The molecule has 1 atom stereocenters. The predicted octanol–water partition coefficient (Wildman–Crippen LogP) is 2.10. The minimum atomic E-state index is -0.168. The molecule has 0 aromatic heterocycles. The zero-order chi connectivity index (χ0) is 13.8. The van der Waals surface area contributed by atoms with Gasteiger partial charge in [0.05, 0.1) is 12.1 Å². The molecule has 0 spiro atoms. The van der Waals surface area contributed by atoms with Crippen LogP contribution < -0.4 is 5.32 Å². The third-order valence-electron chi connectivity index (χ3n) is 4.13. The molecular formula is C15H32N2O. The van der Waals surface area contributed by atoms with Gasteiger partial charge in [-0.25, -0.2) is 0 Å². The lowest BCUT2D eigenvalue weighted by atomic mass is 9.86. The van der Waals surface area contributed by atoms with Crippen LogP contribution in [0.4, 0.5) is 0 Å². The van der Waals surface area contributed by atoms with E-state index in [-0.39, 0.29) is 12.1 Å². The molecule has 0 bridgehead atoms. The first kappa shape index (κ1) is 15.9. The third kappa shape index (κ3) is 4.87. The molecule has 1 heterocycles. The van der Waals surface area contributed by atoms with Crippen molar-refractivity contribution < 1.29 is 5.11 Å². The lowest BCUT2D eigenvalue weighted by Gasteiger charge is -2.40. The highest BCUT2D eigenvalue weighted by Gasteiger charge is 2.29. The van der Waals surface area contributed by atoms with Gasteiger partial charge in [-0.2, -0.15) is 0 Å². The van der Waals surface area contributed by atoms with E-state index in [9.17, 15) is 5.11 Å². The Labute approximate surface area is 113 Å². The molecule has 2 N–H and O–H groups in total. The molecule has 108 valence electrons. The summed E-state index contributed by atoms with van der Waals surface area (Å²) in [5.41, 5.74) is -0.168. The molecule has 3 nitrogen and oxygen atoms in total. The molecule has 0 radical (unpaired) electrons. The summed E-state index contributed by atoms with van der Waals surface area (Å²) in [6.07, 6.45) is 2.61. The first-order chi connectivity index (χ1) is 8.36. The van der Waals surface area contributed by atoms with Crippen molar-refractivity contribution in [1.29, 1.82) is 0 Å². The normalized spacial score (nSPS) is 22.7. The molecule has 0 saturated carbocycles. The fourth-order valence-corrected chi connectivity index (χ4v) is 3.11. The highest BCUT2D eigenvalue weighted by atomic mass is 16.3. The van der Waals surface area contributed by atoms with Crippen LogP contribution in [0.1, 0.15) is 47.5 Å². The largest absolute Gasteiger partial charge is 0.394 e. The van der Waals surface area contributed by atoms with Crippen LogP contribution in [-0.2, 0) is 0 Å². The van der Waals surface area contributed by atoms with Gasteiger partial charge in [0.15, 0.2) is 0 Å². The summed E-state index contributed by atoms with van der Waals surface area (Å²) in [6.45, 7) is 14.6. The number of hydrogen-bond acceptors (Lipinski definition) is 3. The lowest BCUT2D eigenvalue weighted by molar-refractivity contribution is 0.0839. The summed E-state index contributed by atoms with van der Waals surface area (Å²) < 4.78 is 0. The Bertz CT molecular complexity index is 235. The summed E-state index contributed by atoms with van der Waals surface area (Å²) >= 11 is 0. The SMILES string of the molecule is CC(C)NC(C)(CO)CN1CCC(C(C)C)CC1. The molecule has 1 aliphatic heterocycles. The van der Waals surface area contributed by atoms with Crippen molar-refractivity contribution in [3.63, 3.8) is 0 Å². The van der Waals surface area contributed by atoms with E-state index in [2.05, 4.69) is 44.8 Å². The van der Waals surface area contributed by atoms with Crippen molar-refractivity contribution in [3.8, 4) is 0 Å². The van der Waals surface area contributed by atoms with Crippen molar-refractivity contribution in [2.45, 2.75) is 59.0 Å². The van der Waals surface area contributed by atoms with Crippen LogP contribution in [0.2, 0.25) is 0 Å². The maximum atomic E-state index is 9.62. The quantitative estimate of drug-likeness (QED) is 0.764. The summed E-state index contributed by atoms with van der Waals surface area (Å²) in [4.78, 5) is 2.50. The average Bonchev–Trinajstić information content (AvgIpc) is 2.28. The van der Waals surface area contributed by atoms with E-state index in [1.54, 1.807) is 0 Å². The molecule has 18 heavy (non-hydrogen) atoms. The second kappa shape index (κ2) is 6.88. The molecule has 1 saturated heterocycles. The van der Waals surface area contributed by atoms with E-state index < -0.39 is 0 Å². The number of hydrogen-bond donors (Lipinski definition) is 2. The van der Waals surface area contributed by atoms with Gasteiger partial charge < -0.3 is 15.3 Å². The van der Waals surface area contributed by atoms with Gasteiger partial charge in [0, 0.05) is 12.6 Å². The summed E-state index contributed by atoms with van der Waals surface area (Å²) in [5.74, 6) is 1.70. The highest BCUT2D eigenvalue weighted by molar-refractivity contribution is 4.89. The van der Waals surface area contributed by atoms with Crippen molar-refractivity contribution in [1.82, 2.24) is 10.2 Å². The van der Waals surface area contributed by atoms with E-state index >= 15 is 0 Å². The minimum Gasteiger partial charge on any atom is -0.394 e. The van der Waals surface area contributed by atoms with E-state index in [0.717, 1.165) is 18.4 Å². The lowest BCUT2D eigenvalue weighted by Crippen LogP contribution is -2.57. The highest BCUT2D eigenvalue weighted by Crippen LogP contribution is 2.25. The van der Waals surface area contributed by atoms with Gasteiger partial charge in [0.25, 0.3) is 0 Å². The van der Waals surface area contributed by atoms with Crippen LogP contribution in [0.15, 0.2) is 0 Å². The summed E-state index contributed by atoms with van der Waals surface area (Å²) in [6, 6.07) is 0.412. The summed E-state index contributed by atoms with van der Waals surface area (Å²) in [5, 5.41) is 13.1. The van der Waals surface area contributed by atoms with Crippen LogP contribution in [0.25, 0.3) is 0 Å². The smallest absolute Gasteiger partial charge is 0.0623 e. The number of aliphatic hydroxyl groups is 1. The molecular weight excluding hydrogens is 224 g/mol. The predicted molar refractivity (Wildman–Crippen MR) is 77.8 cm³/mol. The standard InChI is InChI=1S/C15H32N2O/c1-12(2)14-6-8-17(9-7-14)10-15(5,11-18)16-13(3)4/h12-14,16,18H,6-11H2,1-5H3. The number of rotatable bonds is 6. The zero-order valence-corrected chi connectivity index (χ0v) is 12.9. The molecule has 1 aliphatic rings. The Kier molecular flexibility index (Phi) is 6.09. The fourth-order valence-electron chi connectivity index (χ4n) is 3.11. The maximum Gasteiger partial charge on any atom is 0.0623 e. The number of likely N-dealkylation sites (tertiary alicyclic amines) is 1. The number of piperidine rings is 1. The van der Waals surface area contributed by atoms with E-state index in [1.807, 2.05) is 0 Å². The average molecular weight is 256 g/mol. The van der Waals surface area contributed by atoms with Gasteiger partial charge in [0.2, 0.25) is 0 Å². The minimum absolute atomic E-state index is 0.168. The molecule has 1 rings (SSSR count). The van der Waals surface area contributed by atoms with E-state index in [0.29, 0.717) is 6.04 Å². The van der Waals surface area contributed by atoms with Gasteiger partial charge in [-0.05, 0) is 44.7 Å². The Balaban J connectivity index is 2.43. The van der Waals surface area contributed by atoms with E-state index in [1.165, 1.54) is 25.9 Å². The molecule has 1 unspecified atom stereocenters. The number of nitrogens with one attached hydrogen (secondary N) is 1. The van der Waals surface area contributed by atoms with Crippen molar-refractivity contribution in [2.24, 2.45) is 11.8 Å².